The molecule has 3 rings (SSSR count). The van der Waals surface area contributed by atoms with Crippen LogP contribution in [0.3, 0.4) is 0 Å². The maximum Gasteiger partial charge on any atom is 0.133 e. The first-order chi connectivity index (χ1) is 10.2. The fraction of sp³-hybridized carbons (Fsp3) is 0.529. The van der Waals surface area contributed by atoms with Crippen LogP contribution in [-0.4, -0.2) is 24.4 Å². The van der Waals surface area contributed by atoms with Gasteiger partial charge < -0.3 is 10.4 Å². The van der Waals surface area contributed by atoms with Gasteiger partial charge in [0.25, 0.3) is 0 Å². The van der Waals surface area contributed by atoms with E-state index in [2.05, 4.69) is 5.32 Å². The number of fused-ring (bicyclic) bond motifs is 1. The van der Waals surface area contributed by atoms with Crippen LogP contribution in [0.25, 0.3) is 10.1 Å². The topological polar surface area (TPSA) is 32.3 Å². The molecular formula is C17H22FNOS. The SMILES string of the molecule is CCNC(C1CCC1)C(O)(CF)c1ccc2ccsc2c1. The minimum atomic E-state index is -1.43. The number of hydrogen-bond acceptors (Lipinski definition) is 3. The number of aliphatic hydroxyl groups is 1. The summed E-state index contributed by atoms with van der Waals surface area (Å²) in [4.78, 5) is 0. The van der Waals surface area contributed by atoms with E-state index in [9.17, 15) is 9.50 Å². The van der Waals surface area contributed by atoms with Gasteiger partial charge in [-0.2, -0.15) is 0 Å². The maximum absolute atomic E-state index is 13.9. The lowest BCUT2D eigenvalue weighted by Crippen LogP contribution is -2.55. The Labute approximate surface area is 129 Å². The molecule has 1 aliphatic rings. The molecule has 2 atom stereocenters. The van der Waals surface area contributed by atoms with Crippen molar-refractivity contribution in [2.45, 2.75) is 37.8 Å². The fourth-order valence-corrected chi connectivity index (χ4v) is 4.11. The van der Waals surface area contributed by atoms with Crippen LogP contribution in [-0.2, 0) is 5.60 Å². The number of hydrogen-bond donors (Lipinski definition) is 2. The van der Waals surface area contributed by atoms with E-state index < -0.39 is 12.3 Å². The van der Waals surface area contributed by atoms with Gasteiger partial charge in [-0.1, -0.05) is 25.5 Å². The minimum absolute atomic E-state index is 0.210. The van der Waals surface area contributed by atoms with Crippen molar-refractivity contribution in [3.05, 3.63) is 35.2 Å². The number of rotatable bonds is 6. The molecule has 2 nitrogen and oxygen atoms in total. The lowest BCUT2D eigenvalue weighted by molar-refractivity contribution is -0.0550. The van der Waals surface area contributed by atoms with Crippen molar-refractivity contribution < 1.29 is 9.50 Å². The van der Waals surface area contributed by atoms with Crippen molar-refractivity contribution in [2.24, 2.45) is 5.92 Å². The quantitative estimate of drug-likeness (QED) is 0.850. The molecule has 1 aliphatic carbocycles. The van der Waals surface area contributed by atoms with Crippen LogP contribution in [0.2, 0.25) is 0 Å². The Morgan fingerprint density at radius 1 is 1.43 bits per heavy atom. The molecular weight excluding hydrogens is 285 g/mol. The van der Waals surface area contributed by atoms with Crippen LogP contribution in [0.4, 0.5) is 4.39 Å². The van der Waals surface area contributed by atoms with Gasteiger partial charge in [0.05, 0.1) is 0 Å². The third kappa shape index (κ3) is 2.60. The Morgan fingerprint density at radius 3 is 2.86 bits per heavy atom. The van der Waals surface area contributed by atoms with E-state index in [0.717, 1.165) is 29.5 Å². The van der Waals surface area contributed by atoms with Crippen molar-refractivity contribution in [3.8, 4) is 0 Å². The van der Waals surface area contributed by atoms with E-state index in [0.29, 0.717) is 11.5 Å². The van der Waals surface area contributed by atoms with Crippen molar-refractivity contribution in [2.75, 3.05) is 13.2 Å². The molecule has 1 fully saturated rings. The van der Waals surface area contributed by atoms with E-state index in [1.807, 2.05) is 36.6 Å². The predicted molar refractivity (Wildman–Crippen MR) is 86.5 cm³/mol. The Morgan fingerprint density at radius 2 is 2.24 bits per heavy atom. The summed E-state index contributed by atoms with van der Waals surface area (Å²) in [5, 5.41) is 17.6. The molecule has 0 bridgehead atoms. The van der Waals surface area contributed by atoms with Crippen molar-refractivity contribution in [3.63, 3.8) is 0 Å². The van der Waals surface area contributed by atoms with Crippen LogP contribution in [0.15, 0.2) is 29.6 Å². The van der Waals surface area contributed by atoms with Gasteiger partial charge in [-0.15, -0.1) is 11.3 Å². The number of thiophene rings is 1. The molecule has 0 saturated heterocycles. The summed E-state index contributed by atoms with van der Waals surface area (Å²) in [6.45, 7) is 2.00. The Kier molecular flexibility index (Phi) is 4.29. The zero-order valence-electron chi connectivity index (χ0n) is 12.3. The number of likely N-dealkylation sites (N-methyl/N-ethyl adjacent to an activating group) is 1. The third-order valence-corrected chi connectivity index (χ3v) is 5.60. The van der Waals surface area contributed by atoms with Gasteiger partial charge in [0.1, 0.15) is 12.3 Å². The minimum Gasteiger partial charge on any atom is -0.381 e. The third-order valence-electron chi connectivity index (χ3n) is 4.72. The summed E-state index contributed by atoms with van der Waals surface area (Å²) in [6.07, 6.45) is 3.32. The Hall–Kier alpha value is -0.970. The molecule has 1 aromatic heterocycles. The lowest BCUT2D eigenvalue weighted by atomic mass is 9.71. The summed E-state index contributed by atoms with van der Waals surface area (Å²) in [5.74, 6) is 0.365. The second-order valence-electron chi connectivity index (χ2n) is 5.96. The van der Waals surface area contributed by atoms with E-state index in [4.69, 9.17) is 0 Å². The molecule has 2 unspecified atom stereocenters. The summed E-state index contributed by atoms with van der Waals surface area (Å²) < 4.78 is 15.0. The van der Waals surface area contributed by atoms with Crippen LogP contribution in [0, 0.1) is 5.92 Å². The van der Waals surface area contributed by atoms with Crippen molar-refractivity contribution in [1.29, 1.82) is 0 Å². The maximum atomic E-state index is 13.9. The molecule has 0 amide bonds. The smallest absolute Gasteiger partial charge is 0.133 e. The number of halogens is 1. The van der Waals surface area contributed by atoms with Crippen LogP contribution < -0.4 is 5.32 Å². The van der Waals surface area contributed by atoms with Crippen molar-refractivity contribution in [1.82, 2.24) is 5.32 Å². The van der Waals surface area contributed by atoms with E-state index >= 15 is 0 Å². The highest BCUT2D eigenvalue weighted by Gasteiger charge is 2.44. The molecule has 2 N–H and O–H groups in total. The highest BCUT2D eigenvalue weighted by atomic mass is 32.1. The first kappa shape index (κ1) is 14.9. The molecule has 1 aromatic carbocycles. The Bertz CT molecular complexity index is 610. The van der Waals surface area contributed by atoms with Crippen molar-refractivity contribution >= 4 is 21.4 Å². The van der Waals surface area contributed by atoms with Gasteiger partial charge in [0.15, 0.2) is 0 Å². The first-order valence-corrected chi connectivity index (χ1v) is 8.56. The summed E-state index contributed by atoms with van der Waals surface area (Å²) in [6, 6.07) is 7.64. The number of nitrogens with one attached hydrogen (secondary N) is 1. The van der Waals surface area contributed by atoms with E-state index in [1.54, 1.807) is 11.3 Å². The Balaban J connectivity index is 1.99. The normalized spacial score (nSPS) is 20.1. The highest BCUT2D eigenvalue weighted by molar-refractivity contribution is 7.17. The van der Waals surface area contributed by atoms with Gasteiger partial charge >= 0.3 is 0 Å². The van der Waals surface area contributed by atoms with Gasteiger partial charge in [-0.05, 0) is 53.8 Å². The average Bonchev–Trinajstić information content (AvgIpc) is 2.91. The molecule has 2 aromatic rings. The number of benzene rings is 1. The van der Waals surface area contributed by atoms with Gasteiger partial charge in [-0.3, -0.25) is 0 Å². The molecule has 4 heteroatoms. The second kappa shape index (κ2) is 6.03. The molecule has 21 heavy (non-hydrogen) atoms. The fourth-order valence-electron chi connectivity index (χ4n) is 3.28. The molecule has 114 valence electrons. The van der Waals surface area contributed by atoms with Gasteiger partial charge in [0.2, 0.25) is 0 Å². The van der Waals surface area contributed by atoms with Crippen LogP contribution in [0.5, 0.6) is 0 Å². The highest BCUT2D eigenvalue weighted by Crippen LogP contribution is 2.40. The van der Waals surface area contributed by atoms with Gasteiger partial charge in [-0.25, -0.2) is 4.39 Å². The predicted octanol–water partition coefficient (Wildman–Crippen LogP) is 3.84. The molecule has 1 heterocycles. The number of alkyl halides is 1. The zero-order chi connectivity index (χ0) is 14.9. The average molecular weight is 307 g/mol. The summed E-state index contributed by atoms with van der Waals surface area (Å²) >= 11 is 1.63. The van der Waals surface area contributed by atoms with E-state index in [-0.39, 0.29) is 6.04 Å². The lowest BCUT2D eigenvalue weighted by Gasteiger charge is -2.43. The molecule has 0 radical (unpaired) electrons. The largest absolute Gasteiger partial charge is 0.381 e. The van der Waals surface area contributed by atoms with Crippen LogP contribution >= 0.6 is 11.3 Å². The molecule has 1 saturated carbocycles. The monoisotopic (exact) mass is 307 g/mol. The second-order valence-corrected chi connectivity index (χ2v) is 6.91. The zero-order valence-corrected chi connectivity index (χ0v) is 13.1. The van der Waals surface area contributed by atoms with Gasteiger partial charge in [0, 0.05) is 10.7 Å². The van der Waals surface area contributed by atoms with E-state index in [1.165, 1.54) is 6.42 Å². The molecule has 0 spiro atoms. The first-order valence-electron chi connectivity index (χ1n) is 7.68. The van der Waals surface area contributed by atoms with Crippen LogP contribution in [0.1, 0.15) is 31.7 Å². The molecule has 0 aliphatic heterocycles. The summed E-state index contributed by atoms with van der Waals surface area (Å²) in [7, 11) is 0. The standard InChI is InChI=1S/C17H22FNOS/c1-2-19-16(13-4-3-5-13)17(20,11-18)14-7-6-12-8-9-21-15(12)10-14/h6-10,13,16,19-20H,2-5,11H2,1H3. The summed E-state index contributed by atoms with van der Waals surface area (Å²) in [5.41, 5.74) is -0.739.